The van der Waals surface area contributed by atoms with Gasteiger partial charge in [-0.15, -0.1) is 0 Å². The number of hydrogen-bond acceptors (Lipinski definition) is 4. The summed E-state index contributed by atoms with van der Waals surface area (Å²) in [5.41, 5.74) is 1.56. The monoisotopic (exact) mass is 399 g/mol. The van der Waals surface area contributed by atoms with E-state index in [4.69, 9.17) is 14.2 Å². The predicted octanol–water partition coefficient (Wildman–Crippen LogP) is 4.06. The topological polar surface area (TPSA) is 48.0 Å². The maximum absolute atomic E-state index is 13.9. The fraction of sp³-hybridized carbons (Fsp3) is 0.348. The van der Waals surface area contributed by atoms with Gasteiger partial charge in [-0.25, -0.2) is 4.39 Å². The lowest BCUT2D eigenvalue weighted by Crippen LogP contribution is -2.35. The van der Waals surface area contributed by atoms with Gasteiger partial charge in [0.2, 0.25) is 5.91 Å². The van der Waals surface area contributed by atoms with Crippen LogP contribution in [0.4, 0.5) is 4.39 Å². The zero-order valence-electron chi connectivity index (χ0n) is 16.8. The van der Waals surface area contributed by atoms with E-state index in [1.165, 1.54) is 19.3 Å². The van der Waals surface area contributed by atoms with Crippen molar-refractivity contribution in [3.05, 3.63) is 65.5 Å². The summed E-state index contributed by atoms with van der Waals surface area (Å²) in [4.78, 5) is 14.7. The Balaban J connectivity index is 1.74. The molecule has 1 aliphatic heterocycles. The minimum atomic E-state index is -0.463. The van der Waals surface area contributed by atoms with E-state index in [0.29, 0.717) is 18.7 Å². The van der Waals surface area contributed by atoms with Crippen LogP contribution in [0.15, 0.2) is 48.5 Å². The molecule has 1 heterocycles. The van der Waals surface area contributed by atoms with Crippen molar-refractivity contribution in [1.82, 2.24) is 4.90 Å². The average Bonchev–Trinajstić information content (AvgIpc) is 3.25. The Bertz CT molecular complexity index is 862. The van der Waals surface area contributed by atoms with Crippen LogP contribution >= 0.6 is 0 Å². The van der Waals surface area contributed by atoms with Gasteiger partial charge < -0.3 is 19.1 Å². The van der Waals surface area contributed by atoms with Gasteiger partial charge in [0.25, 0.3) is 0 Å². The van der Waals surface area contributed by atoms with Gasteiger partial charge in [0.15, 0.2) is 11.6 Å². The maximum Gasteiger partial charge on any atom is 0.246 e. The van der Waals surface area contributed by atoms with E-state index >= 15 is 0 Å². The molecule has 1 amide bonds. The highest BCUT2D eigenvalue weighted by Gasteiger charge is 2.22. The Morgan fingerprint density at radius 3 is 2.79 bits per heavy atom. The van der Waals surface area contributed by atoms with Crippen LogP contribution in [0.3, 0.4) is 0 Å². The predicted molar refractivity (Wildman–Crippen MR) is 109 cm³/mol. The molecule has 0 aromatic heterocycles. The molecule has 1 fully saturated rings. The number of benzene rings is 2. The molecule has 1 unspecified atom stereocenters. The highest BCUT2D eigenvalue weighted by atomic mass is 19.1. The molecular weight excluding hydrogens is 373 g/mol. The van der Waals surface area contributed by atoms with Gasteiger partial charge in [-0.1, -0.05) is 18.2 Å². The molecule has 3 rings (SSSR count). The van der Waals surface area contributed by atoms with E-state index in [1.54, 1.807) is 30.2 Å². The van der Waals surface area contributed by atoms with Gasteiger partial charge in [-0.2, -0.15) is 0 Å². The van der Waals surface area contributed by atoms with Gasteiger partial charge in [0, 0.05) is 25.8 Å². The molecule has 0 saturated carbocycles. The largest absolute Gasteiger partial charge is 0.497 e. The Morgan fingerprint density at radius 2 is 2.10 bits per heavy atom. The van der Waals surface area contributed by atoms with Gasteiger partial charge >= 0.3 is 0 Å². The smallest absolute Gasteiger partial charge is 0.246 e. The van der Waals surface area contributed by atoms with Gasteiger partial charge in [-0.05, 0) is 54.3 Å². The Labute approximate surface area is 170 Å². The zero-order chi connectivity index (χ0) is 20.6. The molecular formula is C23H26FNO4. The first-order valence-electron chi connectivity index (χ1n) is 9.64. The van der Waals surface area contributed by atoms with Crippen LogP contribution in [0.25, 0.3) is 6.08 Å². The van der Waals surface area contributed by atoms with Crippen LogP contribution in [0.2, 0.25) is 0 Å². The van der Waals surface area contributed by atoms with E-state index in [9.17, 15) is 9.18 Å². The molecule has 0 aliphatic carbocycles. The van der Waals surface area contributed by atoms with Gasteiger partial charge in [-0.3, -0.25) is 4.79 Å². The average molecular weight is 399 g/mol. The molecule has 2 aromatic rings. The highest BCUT2D eigenvalue weighted by molar-refractivity contribution is 5.91. The van der Waals surface area contributed by atoms with Crippen molar-refractivity contribution in [2.75, 3.05) is 27.4 Å². The van der Waals surface area contributed by atoms with E-state index in [-0.39, 0.29) is 17.8 Å². The first-order chi connectivity index (χ1) is 14.1. The number of amides is 1. The summed E-state index contributed by atoms with van der Waals surface area (Å²) >= 11 is 0. The second-order valence-corrected chi connectivity index (χ2v) is 6.93. The number of halogens is 1. The highest BCUT2D eigenvalue weighted by Crippen LogP contribution is 2.20. The first-order valence-corrected chi connectivity index (χ1v) is 9.64. The quantitative estimate of drug-likeness (QED) is 0.628. The lowest BCUT2D eigenvalue weighted by Gasteiger charge is -2.24. The number of carbonyl (C=O) groups excluding carboxylic acids is 1. The van der Waals surface area contributed by atoms with E-state index < -0.39 is 5.82 Å². The molecule has 0 spiro atoms. The summed E-state index contributed by atoms with van der Waals surface area (Å²) in [6, 6.07) is 12.2. The number of carbonyl (C=O) groups is 1. The van der Waals surface area contributed by atoms with Crippen LogP contribution in [0.1, 0.15) is 24.0 Å². The van der Waals surface area contributed by atoms with Crippen molar-refractivity contribution in [3.63, 3.8) is 0 Å². The fourth-order valence-corrected chi connectivity index (χ4v) is 3.32. The lowest BCUT2D eigenvalue weighted by molar-refractivity contribution is -0.128. The van der Waals surface area contributed by atoms with Crippen LogP contribution in [-0.2, 0) is 16.1 Å². The van der Waals surface area contributed by atoms with E-state index in [1.807, 2.05) is 24.3 Å². The lowest BCUT2D eigenvalue weighted by atomic mass is 10.1. The van der Waals surface area contributed by atoms with Crippen LogP contribution in [0.5, 0.6) is 11.5 Å². The molecule has 6 heteroatoms. The van der Waals surface area contributed by atoms with Crippen molar-refractivity contribution >= 4 is 12.0 Å². The molecule has 1 atom stereocenters. The minimum absolute atomic E-state index is 0.0383. The Hall–Kier alpha value is -2.86. The molecule has 0 radical (unpaired) electrons. The van der Waals surface area contributed by atoms with E-state index in [2.05, 4.69) is 0 Å². The number of nitrogens with zero attached hydrogens (tertiary/aromatic N) is 1. The molecule has 2 aromatic carbocycles. The third-order valence-corrected chi connectivity index (χ3v) is 4.86. The normalized spacial score (nSPS) is 16.2. The standard InChI is InChI=1S/C23H26FNO4/c1-27-19-6-3-5-18(13-19)15-25(16-20-7-4-12-29-20)23(26)11-9-17-8-10-22(28-2)21(24)14-17/h3,5-6,8-11,13-14,20H,4,7,12,15-16H2,1-2H3/b11-9+. The molecule has 0 bridgehead atoms. The molecule has 1 saturated heterocycles. The number of methoxy groups -OCH3 is 2. The summed E-state index contributed by atoms with van der Waals surface area (Å²) in [5.74, 6) is 0.303. The third kappa shape index (κ3) is 5.81. The molecule has 0 N–H and O–H groups in total. The summed E-state index contributed by atoms with van der Waals surface area (Å²) < 4.78 is 29.8. The van der Waals surface area contributed by atoms with Crippen molar-refractivity contribution < 1.29 is 23.4 Å². The SMILES string of the molecule is COc1cccc(CN(CC2CCCO2)C(=O)/C=C/c2ccc(OC)c(F)c2)c1. The van der Waals surface area contributed by atoms with Gasteiger partial charge in [0.05, 0.1) is 20.3 Å². The minimum Gasteiger partial charge on any atom is -0.497 e. The zero-order valence-corrected chi connectivity index (χ0v) is 16.8. The molecule has 1 aliphatic rings. The molecule has 5 nitrogen and oxygen atoms in total. The third-order valence-electron chi connectivity index (χ3n) is 4.86. The number of rotatable bonds is 8. The summed E-state index contributed by atoms with van der Waals surface area (Å²) in [7, 11) is 3.03. The van der Waals surface area contributed by atoms with Crippen LogP contribution < -0.4 is 9.47 Å². The fourth-order valence-electron chi connectivity index (χ4n) is 3.32. The number of hydrogen-bond donors (Lipinski definition) is 0. The van der Waals surface area contributed by atoms with Crippen LogP contribution in [0, 0.1) is 5.82 Å². The number of ether oxygens (including phenoxy) is 3. The second kappa shape index (κ2) is 10.1. The van der Waals surface area contributed by atoms with E-state index in [0.717, 1.165) is 30.8 Å². The molecule has 29 heavy (non-hydrogen) atoms. The second-order valence-electron chi connectivity index (χ2n) is 6.93. The van der Waals surface area contributed by atoms with Crippen molar-refractivity contribution in [1.29, 1.82) is 0 Å². The van der Waals surface area contributed by atoms with Gasteiger partial charge in [0.1, 0.15) is 5.75 Å². The van der Waals surface area contributed by atoms with Crippen molar-refractivity contribution in [2.45, 2.75) is 25.5 Å². The Morgan fingerprint density at radius 1 is 1.24 bits per heavy atom. The molecule has 154 valence electrons. The summed E-state index contributed by atoms with van der Waals surface area (Å²) in [6.45, 7) is 1.68. The van der Waals surface area contributed by atoms with Crippen molar-refractivity contribution in [3.8, 4) is 11.5 Å². The Kier molecular flexibility index (Phi) is 7.25. The summed E-state index contributed by atoms with van der Waals surface area (Å²) in [6.07, 6.45) is 5.06. The summed E-state index contributed by atoms with van der Waals surface area (Å²) in [5, 5.41) is 0. The maximum atomic E-state index is 13.9. The van der Waals surface area contributed by atoms with Crippen molar-refractivity contribution in [2.24, 2.45) is 0 Å². The first kappa shape index (κ1) is 20.9. The van der Waals surface area contributed by atoms with Crippen LogP contribution in [-0.4, -0.2) is 44.3 Å².